The zero-order valence-electron chi connectivity index (χ0n) is 11.7. The Kier molecular flexibility index (Phi) is 3.18. The van der Waals surface area contributed by atoms with Gasteiger partial charge in [-0.15, -0.1) is 0 Å². The number of hydrogen-bond acceptors (Lipinski definition) is 4. The lowest BCUT2D eigenvalue weighted by Gasteiger charge is -2.20. The van der Waals surface area contributed by atoms with E-state index in [1.165, 1.54) is 13.1 Å². The highest BCUT2D eigenvalue weighted by Crippen LogP contribution is 2.28. The van der Waals surface area contributed by atoms with Crippen LogP contribution in [0.25, 0.3) is 5.69 Å². The van der Waals surface area contributed by atoms with Crippen molar-refractivity contribution in [3.8, 4) is 11.8 Å². The van der Waals surface area contributed by atoms with Crippen molar-refractivity contribution in [3.63, 3.8) is 0 Å². The Morgan fingerprint density at radius 3 is 2.40 bits per heavy atom. The maximum absolute atomic E-state index is 14.1. The predicted molar refractivity (Wildman–Crippen MR) is 70.0 cm³/mol. The third-order valence-electron chi connectivity index (χ3n) is 2.96. The molecule has 0 aliphatic rings. The first-order valence-electron chi connectivity index (χ1n) is 5.99. The van der Waals surface area contributed by atoms with E-state index in [1.807, 2.05) is 26.8 Å². The summed E-state index contributed by atoms with van der Waals surface area (Å²) in [5, 5.41) is 16.4. The van der Waals surface area contributed by atoms with Crippen LogP contribution in [-0.4, -0.2) is 19.8 Å². The van der Waals surface area contributed by atoms with Crippen LogP contribution in [0.4, 0.5) is 4.39 Å². The van der Waals surface area contributed by atoms with Crippen molar-refractivity contribution in [2.45, 2.75) is 26.2 Å². The van der Waals surface area contributed by atoms with E-state index in [-0.39, 0.29) is 11.3 Å². The molecule has 0 saturated heterocycles. The smallest absolute Gasteiger partial charge is 0.244 e. The molecule has 0 radical (unpaired) electrons. The first-order chi connectivity index (χ1) is 9.25. The van der Waals surface area contributed by atoms with Crippen molar-refractivity contribution >= 4 is 0 Å². The third kappa shape index (κ3) is 2.20. The van der Waals surface area contributed by atoms with Crippen LogP contribution in [0.15, 0.2) is 16.9 Å². The van der Waals surface area contributed by atoms with Gasteiger partial charge in [0.15, 0.2) is 0 Å². The molecule has 1 heterocycles. The summed E-state index contributed by atoms with van der Waals surface area (Å²) in [5.41, 5.74) is -0.273. The van der Waals surface area contributed by atoms with Gasteiger partial charge >= 0.3 is 5.69 Å². The van der Waals surface area contributed by atoms with Crippen LogP contribution < -0.4 is 5.69 Å². The highest BCUT2D eigenvalue weighted by atomic mass is 19.1. The Morgan fingerprint density at radius 1 is 1.30 bits per heavy atom. The number of nitriles is 1. The van der Waals surface area contributed by atoms with E-state index in [0.717, 1.165) is 15.4 Å². The fraction of sp³-hybridized carbons (Fsp3) is 0.385. The van der Waals surface area contributed by atoms with E-state index < -0.39 is 16.9 Å². The number of aryl methyl sites for hydroxylation is 1. The van der Waals surface area contributed by atoms with Crippen molar-refractivity contribution < 1.29 is 4.39 Å². The minimum atomic E-state index is -0.493. The van der Waals surface area contributed by atoms with E-state index in [4.69, 9.17) is 5.26 Å². The largest absolute Gasteiger partial charge is 0.368 e. The molecule has 0 saturated carbocycles. The van der Waals surface area contributed by atoms with Gasteiger partial charge in [-0.3, -0.25) is 0 Å². The average molecular weight is 275 g/mol. The van der Waals surface area contributed by atoms with Crippen LogP contribution in [0, 0.1) is 17.1 Å². The van der Waals surface area contributed by atoms with Crippen molar-refractivity contribution in [2.75, 3.05) is 0 Å². The van der Waals surface area contributed by atoms with Gasteiger partial charge in [-0.25, -0.2) is 9.18 Å². The topological polar surface area (TPSA) is 76.5 Å². The van der Waals surface area contributed by atoms with Crippen molar-refractivity contribution in [2.24, 2.45) is 7.05 Å². The lowest BCUT2D eigenvalue weighted by Crippen LogP contribution is -2.24. The van der Waals surface area contributed by atoms with E-state index in [9.17, 15) is 9.18 Å². The van der Waals surface area contributed by atoms with Crippen LogP contribution in [0.1, 0.15) is 31.9 Å². The Labute approximate surface area is 115 Å². The first-order valence-corrected chi connectivity index (χ1v) is 5.99. The minimum absolute atomic E-state index is 0.0399. The van der Waals surface area contributed by atoms with Crippen molar-refractivity contribution in [1.82, 2.24) is 19.8 Å². The van der Waals surface area contributed by atoms with Crippen LogP contribution in [0.2, 0.25) is 0 Å². The zero-order chi connectivity index (χ0) is 15.1. The van der Waals surface area contributed by atoms with Gasteiger partial charge in [0.2, 0.25) is 0 Å². The monoisotopic (exact) mass is 275 g/mol. The molecule has 104 valence electrons. The number of hydrogen-bond donors (Lipinski definition) is 0. The highest BCUT2D eigenvalue weighted by molar-refractivity contribution is 5.51. The maximum Gasteiger partial charge on any atom is 0.368 e. The van der Waals surface area contributed by atoms with Crippen molar-refractivity contribution in [3.05, 3.63) is 39.6 Å². The second-order valence-electron chi connectivity index (χ2n) is 5.51. The molecular weight excluding hydrogens is 261 g/mol. The number of rotatable bonds is 1. The molecule has 0 aliphatic carbocycles. The number of aromatic nitrogens is 4. The van der Waals surface area contributed by atoms with E-state index in [0.29, 0.717) is 5.56 Å². The molecule has 6 nitrogen and oxygen atoms in total. The SMILES string of the molecule is Cn1nnn(-c2cc(C(C)(C)C)c(F)cc2C#N)c1=O. The molecule has 1 aromatic carbocycles. The van der Waals surface area contributed by atoms with Gasteiger partial charge in [0.05, 0.1) is 11.3 Å². The fourth-order valence-electron chi connectivity index (χ4n) is 1.87. The van der Waals surface area contributed by atoms with Gasteiger partial charge in [0.25, 0.3) is 0 Å². The third-order valence-corrected chi connectivity index (χ3v) is 2.96. The number of halogens is 1. The number of tetrazole rings is 1. The summed E-state index contributed by atoms with van der Waals surface area (Å²) >= 11 is 0. The molecule has 0 fully saturated rings. The molecule has 7 heteroatoms. The van der Waals surface area contributed by atoms with Crippen LogP contribution in [0.5, 0.6) is 0 Å². The minimum Gasteiger partial charge on any atom is -0.244 e. The second kappa shape index (κ2) is 4.56. The maximum atomic E-state index is 14.1. The van der Waals surface area contributed by atoms with Crippen LogP contribution >= 0.6 is 0 Å². The molecule has 0 N–H and O–H groups in total. The molecule has 2 aromatic rings. The molecule has 0 aliphatic heterocycles. The summed E-state index contributed by atoms with van der Waals surface area (Å²) in [5.74, 6) is -0.477. The second-order valence-corrected chi connectivity index (χ2v) is 5.51. The Morgan fingerprint density at radius 2 is 1.95 bits per heavy atom. The van der Waals surface area contributed by atoms with E-state index in [2.05, 4.69) is 10.4 Å². The molecule has 0 spiro atoms. The molecule has 20 heavy (non-hydrogen) atoms. The van der Waals surface area contributed by atoms with E-state index in [1.54, 1.807) is 0 Å². The zero-order valence-corrected chi connectivity index (χ0v) is 11.7. The summed E-state index contributed by atoms with van der Waals surface area (Å²) in [6.45, 7) is 5.54. The van der Waals surface area contributed by atoms with Gasteiger partial charge in [0.1, 0.15) is 11.9 Å². The van der Waals surface area contributed by atoms with Gasteiger partial charge in [-0.1, -0.05) is 20.8 Å². The Balaban J connectivity index is 2.79. The summed E-state index contributed by atoms with van der Waals surface area (Å²) in [6, 6.07) is 4.47. The number of benzene rings is 1. The Hall–Kier alpha value is -2.49. The summed E-state index contributed by atoms with van der Waals surface area (Å²) < 4.78 is 16.1. The fourth-order valence-corrected chi connectivity index (χ4v) is 1.87. The molecule has 0 atom stereocenters. The quantitative estimate of drug-likeness (QED) is 0.785. The molecule has 0 bridgehead atoms. The van der Waals surface area contributed by atoms with Gasteiger partial charge < -0.3 is 0 Å². The lowest BCUT2D eigenvalue weighted by atomic mass is 9.85. The summed E-state index contributed by atoms with van der Waals surface area (Å²) in [7, 11) is 1.45. The molecular formula is C13H14FN5O. The lowest BCUT2D eigenvalue weighted by molar-refractivity contribution is 0.521. The average Bonchev–Trinajstić information content (AvgIpc) is 2.68. The van der Waals surface area contributed by atoms with Gasteiger partial charge in [0, 0.05) is 7.05 Å². The highest BCUT2D eigenvalue weighted by Gasteiger charge is 2.22. The van der Waals surface area contributed by atoms with Crippen LogP contribution in [-0.2, 0) is 12.5 Å². The summed E-state index contributed by atoms with van der Waals surface area (Å²) in [4.78, 5) is 11.9. The van der Waals surface area contributed by atoms with Crippen molar-refractivity contribution in [1.29, 1.82) is 5.26 Å². The standard InChI is InChI=1S/C13H14FN5O/c1-13(2,3)9-6-11(8(7-15)5-10(9)14)19-12(20)18(4)16-17-19/h5-6H,1-4H3. The van der Waals surface area contributed by atoms with Gasteiger partial charge in [-0.05, 0) is 33.5 Å². The van der Waals surface area contributed by atoms with Gasteiger partial charge in [-0.2, -0.15) is 14.6 Å². The molecule has 0 amide bonds. The molecule has 2 rings (SSSR count). The predicted octanol–water partition coefficient (Wildman–Crippen LogP) is 1.27. The molecule has 0 unspecified atom stereocenters. The Bertz CT molecular complexity index is 761. The molecule has 1 aromatic heterocycles. The van der Waals surface area contributed by atoms with E-state index >= 15 is 0 Å². The van der Waals surface area contributed by atoms with Crippen LogP contribution in [0.3, 0.4) is 0 Å². The normalized spacial score (nSPS) is 11.4. The summed E-state index contributed by atoms with van der Waals surface area (Å²) in [6.07, 6.45) is 0. The number of nitrogens with zero attached hydrogens (tertiary/aromatic N) is 5. The first kappa shape index (κ1) is 13.9.